The van der Waals surface area contributed by atoms with E-state index in [4.69, 9.17) is 4.74 Å². The monoisotopic (exact) mass is 606 g/mol. The van der Waals surface area contributed by atoms with E-state index >= 15 is 4.39 Å². The first-order chi connectivity index (χ1) is 20.8. The van der Waals surface area contributed by atoms with Crippen LogP contribution >= 0.6 is 0 Å². The number of hydrogen-bond donors (Lipinski definition) is 2. The van der Waals surface area contributed by atoms with Crippen LogP contribution in [0.4, 0.5) is 28.2 Å². The van der Waals surface area contributed by atoms with Gasteiger partial charge in [0.1, 0.15) is 17.2 Å². The van der Waals surface area contributed by atoms with Crippen molar-refractivity contribution in [3.63, 3.8) is 0 Å². The number of carbonyl (C=O) groups is 2. The fourth-order valence-corrected chi connectivity index (χ4v) is 4.39. The number of aromatic nitrogens is 4. The van der Waals surface area contributed by atoms with Crippen LogP contribution in [0.1, 0.15) is 42.3 Å². The summed E-state index contributed by atoms with van der Waals surface area (Å²) >= 11 is 0. The second kappa shape index (κ2) is 11.7. The number of benzene rings is 3. The Bertz CT molecular complexity index is 1840. The number of carbonyl (C=O) groups excluding carboxylic acids is 2. The highest BCUT2D eigenvalue weighted by molar-refractivity contribution is 6.09. The van der Waals surface area contributed by atoms with Gasteiger partial charge in [-0.1, -0.05) is 24.3 Å². The molecule has 2 heterocycles. The van der Waals surface area contributed by atoms with Crippen LogP contribution < -0.4 is 10.6 Å². The van der Waals surface area contributed by atoms with Gasteiger partial charge in [0, 0.05) is 29.9 Å². The second-order valence-corrected chi connectivity index (χ2v) is 10.7. The van der Waals surface area contributed by atoms with Crippen LogP contribution in [0, 0.1) is 5.82 Å². The third-order valence-electron chi connectivity index (χ3n) is 6.27. The van der Waals surface area contributed by atoms with E-state index in [9.17, 15) is 22.8 Å². The largest absolute Gasteiger partial charge is 0.444 e. The number of anilines is 1. The summed E-state index contributed by atoms with van der Waals surface area (Å²) in [6.45, 7) is 5.37. The van der Waals surface area contributed by atoms with Gasteiger partial charge >= 0.3 is 12.3 Å². The highest BCUT2D eigenvalue weighted by Crippen LogP contribution is 2.38. The molecule has 0 bridgehead atoms. The van der Waals surface area contributed by atoms with E-state index in [2.05, 4.69) is 25.7 Å². The van der Waals surface area contributed by atoms with Gasteiger partial charge in [0.25, 0.3) is 5.91 Å². The van der Waals surface area contributed by atoms with Crippen molar-refractivity contribution in [3.8, 4) is 17.1 Å². The standard InChI is InChI=1S/C31H26F4N6O3/c1-30(2,3)44-29(43)38-17-18-10-11-20-25(14-18)40-41(19-8-5-4-6-9-19)27(20)39-28(42)22-15-21(26-36-12-7-13-37-26)23(16-24(22)32)31(33,34)35/h4-16H,17H2,1-3H3,(H,38,43)(H,39,42). The summed E-state index contributed by atoms with van der Waals surface area (Å²) in [4.78, 5) is 33.3. The summed E-state index contributed by atoms with van der Waals surface area (Å²) in [5.41, 5.74) is -1.51. The molecule has 0 unspecified atom stereocenters. The first-order valence-electron chi connectivity index (χ1n) is 13.3. The number of amides is 2. The molecule has 2 N–H and O–H groups in total. The maximum atomic E-state index is 15.1. The lowest BCUT2D eigenvalue weighted by molar-refractivity contribution is -0.137. The van der Waals surface area contributed by atoms with Gasteiger partial charge < -0.3 is 15.4 Å². The van der Waals surface area contributed by atoms with Crippen LogP contribution in [-0.4, -0.2) is 37.3 Å². The molecular weight excluding hydrogens is 580 g/mol. The van der Waals surface area contributed by atoms with Gasteiger partial charge in [0.05, 0.1) is 22.3 Å². The molecule has 13 heteroatoms. The highest BCUT2D eigenvalue weighted by Gasteiger charge is 2.36. The van der Waals surface area contributed by atoms with Crippen LogP contribution in [-0.2, 0) is 17.5 Å². The van der Waals surface area contributed by atoms with E-state index in [1.807, 2.05) is 0 Å². The van der Waals surface area contributed by atoms with Crippen LogP contribution in [0.15, 0.2) is 79.1 Å². The van der Waals surface area contributed by atoms with Gasteiger partial charge in [-0.3, -0.25) is 4.79 Å². The van der Waals surface area contributed by atoms with Gasteiger partial charge in [-0.2, -0.15) is 18.3 Å². The Hall–Kier alpha value is -5.33. The molecule has 0 aliphatic rings. The minimum atomic E-state index is -4.93. The van der Waals surface area contributed by atoms with Crippen molar-refractivity contribution in [1.82, 2.24) is 25.1 Å². The zero-order valence-electron chi connectivity index (χ0n) is 23.7. The molecule has 0 spiro atoms. The summed E-state index contributed by atoms with van der Waals surface area (Å²) < 4.78 is 63.2. The Morgan fingerprint density at radius 2 is 1.64 bits per heavy atom. The highest BCUT2D eigenvalue weighted by atomic mass is 19.4. The number of hydrogen-bond acceptors (Lipinski definition) is 6. The first-order valence-corrected chi connectivity index (χ1v) is 13.3. The van der Waals surface area contributed by atoms with Crippen molar-refractivity contribution < 1.29 is 31.9 Å². The van der Waals surface area contributed by atoms with Crippen molar-refractivity contribution in [2.75, 3.05) is 5.32 Å². The molecule has 5 aromatic rings. The zero-order chi connectivity index (χ0) is 31.6. The average Bonchev–Trinajstić information content (AvgIpc) is 3.32. The first kappa shape index (κ1) is 30.1. The van der Waals surface area contributed by atoms with Crippen molar-refractivity contribution in [2.45, 2.75) is 39.1 Å². The maximum Gasteiger partial charge on any atom is 0.417 e. The van der Waals surface area contributed by atoms with Crippen LogP contribution in [0.25, 0.3) is 28.0 Å². The van der Waals surface area contributed by atoms with Crippen molar-refractivity contribution in [2.24, 2.45) is 0 Å². The van der Waals surface area contributed by atoms with Crippen molar-refractivity contribution >= 4 is 28.7 Å². The van der Waals surface area contributed by atoms with Gasteiger partial charge in [-0.15, -0.1) is 0 Å². The quantitative estimate of drug-likeness (QED) is 0.203. The van der Waals surface area contributed by atoms with Gasteiger partial charge in [-0.05, 0) is 68.8 Å². The normalized spacial score (nSPS) is 11.8. The van der Waals surface area contributed by atoms with E-state index in [1.165, 1.54) is 23.1 Å². The number of para-hydroxylation sites is 1. The lowest BCUT2D eigenvalue weighted by Gasteiger charge is -2.19. The molecule has 0 saturated carbocycles. The molecular formula is C31H26F4N6O3. The van der Waals surface area contributed by atoms with Crippen LogP contribution in [0.2, 0.25) is 0 Å². The smallest absolute Gasteiger partial charge is 0.417 e. The average molecular weight is 607 g/mol. The van der Waals surface area contributed by atoms with Crippen LogP contribution in [0.3, 0.4) is 0 Å². The number of ether oxygens (including phenoxy) is 1. The Morgan fingerprint density at radius 3 is 2.30 bits per heavy atom. The van der Waals surface area contributed by atoms with E-state index in [-0.39, 0.29) is 24.3 Å². The number of rotatable bonds is 6. The number of nitrogens with one attached hydrogen (secondary N) is 2. The number of alkyl carbamates (subject to hydrolysis) is 1. The Labute approximate surface area is 248 Å². The van der Waals surface area contributed by atoms with Crippen molar-refractivity contribution in [1.29, 1.82) is 0 Å². The molecule has 226 valence electrons. The number of nitrogens with zero attached hydrogens (tertiary/aromatic N) is 4. The molecule has 0 saturated heterocycles. The second-order valence-electron chi connectivity index (χ2n) is 10.7. The summed E-state index contributed by atoms with van der Waals surface area (Å²) in [7, 11) is 0. The van der Waals surface area contributed by atoms with E-state index in [0.29, 0.717) is 22.2 Å². The van der Waals surface area contributed by atoms with Gasteiger partial charge in [0.2, 0.25) is 0 Å². The molecule has 0 fully saturated rings. The van der Waals surface area contributed by atoms with Crippen LogP contribution in [0.5, 0.6) is 0 Å². The SMILES string of the molecule is CC(C)(C)OC(=O)NCc1ccc2c(NC(=O)c3cc(-c4ncccn4)c(C(F)(F)F)cc3F)n(-c3ccccc3)nc2c1. The number of fused-ring (bicyclic) bond motifs is 1. The lowest BCUT2D eigenvalue weighted by atomic mass is 10.0. The molecule has 0 aliphatic carbocycles. The van der Waals surface area contributed by atoms with E-state index < -0.39 is 46.3 Å². The van der Waals surface area contributed by atoms with E-state index in [0.717, 1.165) is 6.07 Å². The predicted molar refractivity (Wildman–Crippen MR) is 155 cm³/mol. The zero-order valence-corrected chi connectivity index (χ0v) is 23.7. The fraction of sp³-hybridized carbons (Fsp3) is 0.194. The molecule has 0 atom stereocenters. The minimum Gasteiger partial charge on any atom is -0.444 e. The molecule has 3 aromatic carbocycles. The summed E-state index contributed by atoms with van der Waals surface area (Å²) in [5, 5.41) is 10.4. The Morgan fingerprint density at radius 1 is 0.932 bits per heavy atom. The Balaban J connectivity index is 1.53. The van der Waals surface area contributed by atoms with Crippen molar-refractivity contribution in [3.05, 3.63) is 102 Å². The number of halogens is 4. The third-order valence-corrected chi connectivity index (χ3v) is 6.27. The maximum absolute atomic E-state index is 15.1. The third kappa shape index (κ3) is 6.66. The minimum absolute atomic E-state index is 0.131. The molecule has 9 nitrogen and oxygen atoms in total. The number of alkyl halides is 3. The summed E-state index contributed by atoms with van der Waals surface area (Å²) in [6, 6.07) is 16.3. The van der Waals surface area contributed by atoms with E-state index in [1.54, 1.807) is 69.3 Å². The van der Waals surface area contributed by atoms with Gasteiger partial charge in [-0.25, -0.2) is 23.8 Å². The molecule has 2 amide bonds. The topological polar surface area (TPSA) is 111 Å². The molecule has 2 aromatic heterocycles. The summed E-state index contributed by atoms with van der Waals surface area (Å²) in [5.74, 6) is -2.55. The van der Waals surface area contributed by atoms with Gasteiger partial charge in [0.15, 0.2) is 5.82 Å². The molecule has 44 heavy (non-hydrogen) atoms. The fourth-order valence-electron chi connectivity index (χ4n) is 4.39. The Kier molecular flexibility index (Phi) is 8.05. The molecule has 0 radical (unpaired) electrons. The summed E-state index contributed by atoms with van der Waals surface area (Å²) in [6.07, 6.45) is -3.04. The molecule has 5 rings (SSSR count). The predicted octanol–water partition coefficient (Wildman–Crippen LogP) is 6.92. The molecule has 0 aliphatic heterocycles. The lowest BCUT2D eigenvalue weighted by Crippen LogP contribution is -2.32.